The van der Waals surface area contributed by atoms with Crippen molar-refractivity contribution in [3.05, 3.63) is 30.1 Å². The Balaban J connectivity index is 1.83. The van der Waals surface area contributed by atoms with Gasteiger partial charge in [-0.2, -0.15) is 5.26 Å². The van der Waals surface area contributed by atoms with Crippen LogP contribution in [0.25, 0.3) is 11.4 Å². The number of nitriles is 1. The number of hydrogen-bond acceptors (Lipinski definition) is 5. The van der Waals surface area contributed by atoms with Gasteiger partial charge in [0.1, 0.15) is 18.9 Å². The van der Waals surface area contributed by atoms with Crippen molar-refractivity contribution >= 4 is 11.8 Å². The minimum Gasteiger partial charge on any atom is -0.370 e. The summed E-state index contributed by atoms with van der Waals surface area (Å²) in [5.74, 6) is 0.431. The molecule has 0 aliphatic carbocycles. The number of aromatic nitrogens is 3. The standard InChI is InChI=1S/C17H20FN5OS/c1-13(12-19)25-17-21-20-16(14-2-4-15(18)5-3-14)23(17)7-6-22-8-10-24-11-9-22/h2-5,13H,6-11H2,1H3/p+1/t13-/m1/s1. The van der Waals surface area contributed by atoms with Gasteiger partial charge in [0.25, 0.3) is 0 Å². The van der Waals surface area contributed by atoms with Crippen molar-refractivity contribution in [1.29, 1.82) is 5.26 Å². The zero-order valence-electron chi connectivity index (χ0n) is 14.1. The number of nitrogens with one attached hydrogen (secondary N) is 1. The molecule has 1 atom stereocenters. The second kappa shape index (κ2) is 8.43. The number of ether oxygens (including phenoxy) is 1. The molecule has 0 radical (unpaired) electrons. The first-order valence-electron chi connectivity index (χ1n) is 8.34. The van der Waals surface area contributed by atoms with E-state index in [4.69, 9.17) is 10.00 Å². The Kier molecular flexibility index (Phi) is 6.02. The zero-order chi connectivity index (χ0) is 17.6. The Hall–Kier alpha value is -1.95. The third kappa shape index (κ3) is 4.57. The van der Waals surface area contributed by atoms with Gasteiger partial charge in [-0.05, 0) is 31.2 Å². The Morgan fingerprint density at radius 1 is 1.32 bits per heavy atom. The van der Waals surface area contributed by atoms with E-state index in [-0.39, 0.29) is 11.1 Å². The van der Waals surface area contributed by atoms with Gasteiger partial charge in [0.15, 0.2) is 11.0 Å². The molecule has 1 aromatic carbocycles. The largest absolute Gasteiger partial charge is 0.370 e. The molecule has 2 aromatic rings. The van der Waals surface area contributed by atoms with Gasteiger partial charge in [0.05, 0.1) is 37.6 Å². The molecule has 1 saturated heterocycles. The lowest BCUT2D eigenvalue weighted by atomic mass is 10.2. The van der Waals surface area contributed by atoms with Gasteiger partial charge in [-0.1, -0.05) is 11.8 Å². The SMILES string of the molecule is C[C@H](C#N)Sc1nnc(-c2ccc(F)cc2)n1CC[NH+]1CCOCC1. The average molecular weight is 362 g/mol. The van der Waals surface area contributed by atoms with Crippen molar-refractivity contribution in [3.8, 4) is 17.5 Å². The van der Waals surface area contributed by atoms with Gasteiger partial charge < -0.3 is 9.64 Å². The molecule has 0 bridgehead atoms. The van der Waals surface area contributed by atoms with Gasteiger partial charge >= 0.3 is 0 Å². The van der Waals surface area contributed by atoms with E-state index in [1.54, 1.807) is 12.1 Å². The highest BCUT2D eigenvalue weighted by Gasteiger charge is 2.20. The number of thioether (sulfide) groups is 1. The molecule has 2 heterocycles. The molecule has 0 unspecified atom stereocenters. The fourth-order valence-electron chi connectivity index (χ4n) is 2.75. The second-order valence-corrected chi connectivity index (χ2v) is 7.27. The van der Waals surface area contributed by atoms with Crippen LogP contribution < -0.4 is 4.90 Å². The summed E-state index contributed by atoms with van der Waals surface area (Å²) in [6.45, 7) is 7.08. The first-order chi connectivity index (χ1) is 12.2. The van der Waals surface area contributed by atoms with E-state index in [0.717, 1.165) is 50.1 Å². The fourth-order valence-corrected chi connectivity index (χ4v) is 3.52. The lowest BCUT2D eigenvalue weighted by Gasteiger charge is -2.24. The van der Waals surface area contributed by atoms with Gasteiger partial charge in [-0.3, -0.25) is 4.57 Å². The van der Waals surface area contributed by atoms with Crippen LogP contribution in [0.15, 0.2) is 29.4 Å². The van der Waals surface area contributed by atoms with Crippen LogP contribution in [-0.4, -0.2) is 52.9 Å². The molecule has 1 aliphatic rings. The van der Waals surface area contributed by atoms with E-state index in [1.807, 2.05) is 11.5 Å². The summed E-state index contributed by atoms with van der Waals surface area (Å²) in [5, 5.41) is 18.2. The first kappa shape index (κ1) is 17.9. The second-order valence-electron chi connectivity index (χ2n) is 5.97. The average Bonchev–Trinajstić information content (AvgIpc) is 3.03. The van der Waals surface area contributed by atoms with E-state index in [9.17, 15) is 4.39 Å². The van der Waals surface area contributed by atoms with Crippen molar-refractivity contribution in [3.63, 3.8) is 0 Å². The molecule has 8 heteroatoms. The lowest BCUT2D eigenvalue weighted by molar-refractivity contribution is -0.908. The Bertz CT molecular complexity index is 736. The molecular weight excluding hydrogens is 341 g/mol. The smallest absolute Gasteiger partial charge is 0.192 e. The Labute approximate surface area is 150 Å². The number of quaternary nitrogens is 1. The van der Waals surface area contributed by atoms with Crippen molar-refractivity contribution in [2.75, 3.05) is 32.8 Å². The predicted octanol–water partition coefficient (Wildman–Crippen LogP) is 1.00. The number of morpholine rings is 1. The van der Waals surface area contributed by atoms with E-state index >= 15 is 0 Å². The van der Waals surface area contributed by atoms with Crippen LogP contribution in [0.5, 0.6) is 0 Å². The normalized spacial score (nSPS) is 16.5. The number of halogens is 1. The van der Waals surface area contributed by atoms with E-state index in [2.05, 4.69) is 16.3 Å². The molecule has 1 fully saturated rings. The molecular formula is C17H21FN5OS+. The molecule has 0 amide bonds. The topological polar surface area (TPSA) is 68.2 Å². The van der Waals surface area contributed by atoms with Crippen LogP contribution in [-0.2, 0) is 11.3 Å². The maximum atomic E-state index is 13.2. The van der Waals surface area contributed by atoms with E-state index in [1.165, 1.54) is 28.8 Å². The predicted molar refractivity (Wildman–Crippen MR) is 92.7 cm³/mol. The van der Waals surface area contributed by atoms with Gasteiger partial charge in [0.2, 0.25) is 0 Å². The minimum absolute atomic E-state index is 0.209. The zero-order valence-corrected chi connectivity index (χ0v) is 14.9. The third-order valence-electron chi connectivity index (χ3n) is 4.17. The minimum atomic E-state index is -0.278. The van der Waals surface area contributed by atoms with Crippen LogP contribution in [0.4, 0.5) is 4.39 Å². The molecule has 3 rings (SSSR count). The van der Waals surface area contributed by atoms with Crippen molar-refractivity contribution in [2.24, 2.45) is 0 Å². The summed E-state index contributed by atoms with van der Waals surface area (Å²) in [6.07, 6.45) is 0. The van der Waals surface area contributed by atoms with Gasteiger partial charge in [0, 0.05) is 5.56 Å². The number of benzene rings is 1. The maximum absolute atomic E-state index is 13.2. The van der Waals surface area contributed by atoms with E-state index < -0.39 is 0 Å². The third-order valence-corrected chi connectivity index (χ3v) is 5.14. The quantitative estimate of drug-likeness (QED) is 0.777. The molecule has 6 nitrogen and oxygen atoms in total. The molecule has 1 aromatic heterocycles. The lowest BCUT2D eigenvalue weighted by Crippen LogP contribution is -3.14. The summed E-state index contributed by atoms with van der Waals surface area (Å²) < 4.78 is 20.7. The Morgan fingerprint density at radius 2 is 2.04 bits per heavy atom. The van der Waals surface area contributed by atoms with E-state index in [0.29, 0.717) is 5.82 Å². The summed E-state index contributed by atoms with van der Waals surface area (Å²) in [6, 6.07) is 8.47. The summed E-state index contributed by atoms with van der Waals surface area (Å²) >= 11 is 1.40. The summed E-state index contributed by atoms with van der Waals surface area (Å²) in [7, 11) is 0. The molecule has 132 valence electrons. The van der Waals surface area contributed by atoms with Gasteiger partial charge in [-0.25, -0.2) is 4.39 Å². The van der Waals surface area contributed by atoms with Crippen molar-refractivity contribution in [2.45, 2.75) is 23.9 Å². The summed E-state index contributed by atoms with van der Waals surface area (Å²) in [4.78, 5) is 1.48. The fraction of sp³-hybridized carbons (Fsp3) is 0.471. The van der Waals surface area contributed by atoms with Gasteiger partial charge in [-0.15, -0.1) is 10.2 Å². The number of rotatable bonds is 6. The molecule has 1 aliphatic heterocycles. The number of nitrogens with zero attached hydrogens (tertiary/aromatic N) is 4. The van der Waals surface area contributed by atoms with Crippen LogP contribution in [0.1, 0.15) is 6.92 Å². The van der Waals surface area contributed by atoms with Crippen LogP contribution >= 0.6 is 11.8 Å². The van der Waals surface area contributed by atoms with Crippen molar-refractivity contribution < 1.29 is 14.0 Å². The van der Waals surface area contributed by atoms with Crippen molar-refractivity contribution in [1.82, 2.24) is 14.8 Å². The highest BCUT2D eigenvalue weighted by molar-refractivity contribution is 8.00. The molecule has 0 spiro atoms. The molecule has 1 N–H and O–H groups in total. The first-order valence-corrected chi connectivity index (χ1v) is 9.22. The Morgan fingerprint density at radius 3 is 2.72 bits per heavy atom. The maximum Gasteiger partial charge on any atom is 0.192 e. The summed E-state index contributed by atoms with van der Waals surface area (Å²) in [5.41, 5.74) is 0.822. The van der Waals surface area contributed by atoms with Crippen LogP contribution in [0.3, 0.4) is 0 Å². The van der Waals surface area contributed by atoms with Crippen LogP contribution in [0.2, 0.25) is 0 Å². The molecule has 25 heavy (non-hydrogen) atoms. The van der Waals surface area contributed by atoms with Crippen LogP contribution in [0, 0.1) is 17.1 Å². The monoisotopic (exact) mass is 362 g/mol. The highest BCUT2D eigenvalue weighted by Crippen LogP contribution is 2.26. The number of hydrogen-bond donors (Lipinski definition) is 1. The molecule has 0 saturated carbocycles. The highest BCUT2D eigenvalue weighted by atomic mass is 32.2.